The standard InChI is InChI=1S/C62H41N5/c1-6-17-42(18-7-1)48-32-37-58-54(39-48)55-40-49(43-19-8-2-9-20-43)33-38-59(55)67(58)51-34-29-44(30-35-51)53-41-50(57-28-16-27-56(63-57)45-21-10-3-11-22-45)31-36-52(53)62-65-60(46-23-12-4-13-24-46)64-61(66-62)47-25-14-5-15-26-47/h1-41H. The van der Waals surface area contributed by atoms with Gasteiger partial charge in [0, 0.05) is 44.3 Å². The van der Waals surface area contributed by atoms with E-state index in [1.54, 1.807) is 0 Å². The van der Waals surface area contributed by atoms with E-state index in [1.165, 1.54) is 33.0 Å². The molecule has 0 bridgehead atoms. The van der Waals surface area contributed by atoms with Gasteiger partial charge in [-0.25, -0.2) is 19.9 Å². The van der Waals surface area contributed by atoms with Crippen molar-refractivity contribution in [3.05, 3.63) is 249 Å². The molecule has 0 atom stereocenters. The van der Waals surface area contributed by atoms with Crippen LogP contribution in [-0.2, 0) is 0 Å². The molecule has 0 saturated carbocycles. The molecule has 0 fully saturated rings. The van der Waals surface area contributed by atoms with Gasteiger partial charge in [-0.3, -0.25) is 0 Å². The number of aromatic nitrogens is 5. The molecule has 12 rings (SSSR count). The van der Waals surface area contributed by atoms with Crippen LogP contribution in [0.2, 0.25) is 0 Å². The molecule has 0 saturated heterocycles. The SMILES string of the molecule is c1ccc(-c2ccc3c(c2)c2cc(-c4ccccc4)ccc2n3-c2ccc(-c3cc(-c4cccc(-c5ccccc5)n4)ccc3-c3nc(-c4ccccc4)nc(-c4ccccc4)n3)cc2)cc1. The van der Waals surface area contributed by atoms with Gasteiger partial charge >= 0.3 is 0 Å². The Hall–Kier alpha value is -9.06. The average Bonchev–Trinajstić information content (AvgIpc) is 3.75. The summed E-state index contributed by atoms with van der Waals surface area (Å²) >= 11 is 0. The zero-order valence-electron chi connectivity index (χ0n) is 36.4. The molecule has 5 nitrogen and oxygen atoms in total. The van der Waals surface area contributed by atoms with Crippen molar-refractivity contribution in [2.75, 3.05) is 0 Å². The second-order valence-corrected chi connectivity index (χ2v) is 16.7. The van der Waals surface area contributed by atoms with Gasteiger partial charge in [0.25, 0.3) is 0 Å². The van der Waals surface area contributed by atoms with Crippen molar-refractivity contribution in [2.45, 2.75) is 0 Å². The molecule has 9 aromatic carbocycles. The second kappa shape index (κ2) is 17.1. The van der Waals surface area contributed by atoms with Gasteiger partial charge in [0.1, 0.15) is 0 Å². The zero-order valence-corrected chi connectivity index (χ0v) is 36.4. The minimum absolute atomic E-state index is 0.593. The minimum atomic E-state index is 0.593. The summed E-state index contributed by atoms with van der Waals surface area (Å²) in [6, 6.07) is 87.1. The summed E-state index contributed by atoms with van der Waals surface area (Å²) in [5.74, 6) is 1.82. The Morgan fingerprint density at radius 3 is 1.16 bits per heavy atom. The maximum atomic E-state index is 5.18. The number of benzene rings is 9. The molecule has 0 amide bonds. The summed E-state index contributed by atoms with van der Waals surface area (Å²) < 4.78 is 2.39. The summed E-state index contributed by atoms with van der Waals surface area (Å²) in [7, 11) is 0. The van der Waals surface area contributed by atoms with Crippen LogP contribution in [0.15, 0.2) is 249 Å². The summed E-state index contributed by atoms with van der Waals surface area (Å²) in [5.41, 5.74) is 16.7. The van der Waals surface area contributed by atoms with Crippen LogP contribution in [0.5, 0.6) is 0 Å². The van der Waals surface area contributed by atoms with Gasteiger partial charge in [0.05, 0.1) is 22.4 Å². The average molecular weight is 856 g/mol. The van der Waals surface area contributed by atoms with E-state index in [9.17, 15) is 0 Å². The Morgan fingerprint density at radius 1 is 0.239 bits per heavy atom. The number of nitrogens with zero attached hydrogens (tertiary/aromatic N) is 5. The zero-order chi connectivity index (χ0) is 44.5. The molecule has 0 spiro atoms. The molecule has 0 aliphatic rings. The van der Waals surface area contributed by atoms with E-state index >= 15 is 0 Å². The highest BCUT2D eigenvalue weighted by Gasteiger charge is 2.19. The van der Waals surface area contributed by atoms with Crippen molar-refractivity contribution >= 4 is 21.8 Å². The number of hydrogen-bond donors (Lipinski definition) is 0. The van der Waals surface area contributed by atoms with E-state index in [1.807, 2.05) is 78.9 Å². The minimum Gasteiger partial charge on any atom is -0.309 e. The predicted molar refractivity (Wildman–Crippen MR) is 275 cm³/mol. The molecule has 314 valence electrons. The van der Waals surface area contributed by atoms with Crippen LogP contribution in [-0.4, -0.2) is 24.5 Å². The van der Waals surface area contributed by atoms with Crippen molar-refractivity contribution in [1.29, 1.82) is 0 Å². The molecule has 0 unspecified atom stereocenters. The summed E-state index contributed by atoms with van der Waals surface area (Å²) in [6.07, 6.45) is 0. The molecule has 3 aromatic heterocycles. The first-order valence-electron chi connectivity index (χ1n) is 22.5. The molecule has 0 N–H and O–H groups in total. The van der Waals surface area contributed by atoms with E-state index in [0.29, 0.717) is 17.5 Å². The Kier molecular flexibility index (Phi) is 10.1. The smallest absolute Gasteiger partial charge is 0.164 e. The lowest BCUT2D eigenvalue weighted by Gasteiger charge is -2.15. The first-order valence-corrected chi connectivity index (χ1v) is 22.5. The third-order valence-corrected chi connectivity index (χ3v) is 12.5. The summed E-state index contributed by atoms with van der Waals surface area (Å²) in [5, 5.41) is 2.41. The van der Waals surface area contributed by atoms with Gasteiger partial charge in [0.2, 0.25) is 0 Å². The fourth-order valence-electron chi connectivity index (χ4n) is 9.14. The quantitative estimate of drug-likeness (QED) is 0.145. The first-order chi connectivity index (χ1) is 33.2. The van der Waals surface area contributed by atoms with Crippen LogP contribution in [0.4, 0.5) is 0 Å². The fraction of sp³-hybridized carbons (Fsp3) is 0. The van der Waals surface area contributed by atoms with E-state index in [0.717, 1.165) is 67.1 Å². The summed E-state index contributed by atoms with van der Waals surface area (Å²) in [6.45, 7) is 0. The van der Waals surface area contributed by atoms with Crippen molar-refractivity contribution in [3.63, 3.8) is 0 Å². The highest BCUT2D eigenvalue weighted by Crippen LogP contribution is 2.40. The highest BCUT2D eigenvalue weighted by atomic mass is 15.0. The van der Waals surface area contributed by atoms with E-state index in [4.69, 9.17) is 19.9 Å². The molecule has 12 aromatic rings. The van der Waals surface area contributed by atoms with Crippen LogP contribution < -0.4 is 0 Å². The van der Waals surface area contributed by atoms with Gasteiger partial charge in [-0.15, -0.1) is 0 Å². The van der Waals surface area contributed by atoms with Crippen molar-refractivity contribution in [3.8, 4) is 95.7 Å². The topological polar surface area (TPSA) is 56.5 Å². The lowest BCUT2D eigenvalue weighted by Crippen LogP contribution is -2.01. The first kappa shape index (κ1) is 39.5. The fourth-order valence-corrected chi connectivity index (χ4v) is 9.14. The molecule has 0 aliphatic heterocycles. The van der Waals surface area contributed by atoms with Crippen LogP contribution in [0.1, 0.15) is 0 Å². The Bertz CT molecular complexity index is 3550. The van der Waals surface area contributed by atoms with Gasteiger partial charge < -0.3 is 4.57 Å². The van der Waals surface area contributed by atoms with Gasteiger partial charge in [0.15, 0.2) is 17.5 Å². The third kappa shape index (κ3) is 7.64. The van der Waals surface area contributed by atoms with Gasteiger partial charge in [-0.05, 0) is 94.0 Å². The monoisotopic (exact) mass is 855 g/mol. The van der Waals surface area contributed by atoms with Crippen LogP contribution >= 0.6 is 0 Å². The largest absolute Gasteiger partial charge is 0.309 e. The Balaban J connectivity index is 1.03. The molecule has 5 heteroatoms. The number of pyridine rings is 1. The van der Waals surface area contributed by atoms with Crippen molar-refractivity contribution in [2.24, 2.45) is 0 Å². The van der Waals surface area contributed by atoms with Crippen LogP contribution in [0.3, 0.4) is 0 Å². The molecule has 0 radical (unpaired) electrons. The molecular weight excluding hydrogens is 815 g/mol. The summed E-state index contributed by atoms with van der Waals surface area (Å²) in [4.78, 5) is 20.5. The predicted octanol–water partition coefficient (Wildman–Crippen LogP) is 15.7. The van der Waals surface area contributed by atoms with Crippen LogP contribution in [0, 0.1) is 0 Å². The van der Waals surface area contributed by atoms with E-state index in [-0.39, 0.29) is 0 Å². The number of hydrogen-bond acceptors (Lipinski definition) is 4. The van der Waals surface area contributed by atoms with Crippen molar-refractivity contribution in [1.82, 2.24) is 24.5 Å². The molecule has 3 heterocycles. The highest BCUT2D eigenvalue weighted by molar-refractivity contribution is 6.11. The van der Waals surface area contributed by atoms with E-state index < -0.39 is 0 Å². The lowest BCUT2D eigenvalue weighted by molar-refractivity contribution is 1.07. The van der Waals surface area contributed by atoms with E-state index in [2.05, 4.69) is 174 Å². The maximum absolute atomic E-state index is 5.18. The number of rotatable bonds is 9. The van der Waals surface area contributed by atoms with Gasteiger partial charge in [-0.1, -0.05) is 188 Å². The Morgan fingerprint density at radius 2 is 0.657 bits per heavy atom. The lowest BCUT2D eigenvalue weighted by atomic mass is 9.95. The molecular formula is C62H41N5. The normalized spacial score (nSPS) is 11.3. The second-order valence-electron chi connectivity index (χ2n) is 16.7. The van der Waals surface area contributed by atoms with Crippen molar-refractivity contribution < 1.29 is 0 Å². The molecule has 0 aliphatic carbocycles. The molecule has 67 heavy (non-hydrogen) atoms. The number of fused-ring (bicyclic) bond motifs is 3. The van der Waals surface area contributed by atoms with Gasteiger partial charge in [-0.2, -0.15) is 0 Å². The Labute approximate surface area is 389 Å². The maximum Gasteiger partial charge on any atom is 0.164 e. The third-order valence-electron chi connectivity index (χ3n) is 12.5. The van der Waals surface area contributed by atoms with Crippen LogP contribution in [0.25, 0.3) is 118 Å².